The predicted octanol–water partition coefficient (Wildman–Crippen LogP) is 2.22. The van der Waals surface area contributed by atoms with Crippen LogP contribution in [0.4, 0.5) is 5.82 Å². The Bertz CT molecular complexity index is 730. The molecule has 5 heteroatoms. The highest BCUT2D eigenvalue weighted by atomic mass is 16.1. The van der Waals surface area contributed by atoms with Crippen molar-refractivity contribution in [3.63, 3.8) is 0 Å². The van der Waals surface area contributed by atoms with E-state index in [1.54, 1.807) is 6.20 Å². The zero-order chi connectivity index (χ0) is 13.9. The number of imidazole rings is 1. The molecule has 0 unspecified atom stereocenters. The van der Waals surface area contributed by atoms with Crippen LogP contribution in [-0.2, 0) is 11.2 Å². The molecule has 0 fully saturated rings. The van der Waals surface area contributed by atoms with Crippen LogP contribution in [0, 0.1) is 6.92 Å². The SMILES string of the molecule is Cc1cccnc1NC(=O)Cc1cn2ccccc2n1. The van der Waals surface area contributed by atoms with Gasteiger partial charge in [-0.3, -0.25) is 4.79 Å². The first-order valence-corrected chi connectivity index (χ1v) is 6.36. The topological polar surface area (TPSA) is 59.3 Å². The summed E-state index contributed by atoms with van der Waals surface area (Å²) in [5, 5.41) is 2.80. The summed E-state index contributed by atoms with van der Waals surface area (Å²) in [6.45, 7) is 1.91. The molecule has 0 aliphatic heterocycles. The van der Waals surface area contributed by atoms with E-state index in [-0.39, 0.29) is 12.3 Å². The summed E-state index contributed by atoms with van der Waals surface area (Å²) in [5.41, 5.74) is 2.52. The first kappa shape index (κ1) is 12.3. The second-order valence-corrected chi connectivity index (χ2v) is 4.59. The summed E-state index contributed by atoms with van der Waals surface area (Å²) < 4.78 is 1.90. The van der Waals surface area contributed by atoms with Gasteiger partial charge in [0.25, 0.3) is 0 Å². The van der Waals surface area contributed by atoms with Crippen LogP contribution in [0.25, 0.3) is 5.65 Å². The molecule has 0 saturated carbocycles. The molecule has 3 aromatic heterocycles. The normalized spacial score (nSPS) is 10.7. The summed E-state index contributed by atoms with van der Waals surface area (Å²) >= 11 is 0. The second-order valence-electron chi connectivity index (χ2n) is 4.59. The minimum Gasteiger partial charge on any atom is -0.310 e. The number of anilines is 1. The highest BCUT2D eigenvalue weighted by molar-refractivity contribution is 5.91. The van der Waals surface area contributed by atoms with E-state index < -0.39 is 0 Å². The van der Waals surface area contributed by atoms with Gasteiger partial charge < -0.3 is 9.72 Å². The maximum atomic E-state index is 12.0. The quantitative estimate of drug-likeness (QED) is 0.790. The van der Waals surface area contributed by atoms with Crippen molar-refractivity contribution >= 4 is 17.4 Å². The number of nitrogens with zero attached hydrogens (tertiary/aromatic N) is 3. The van der Waals surface area contributed by atoms with E-state index >= 15 is 0 Å². The molecule has 0 saturated heterocycles. The summed E-state index contributed by atoms with van der Waals surface area (Å²) in [5.74, 6) is 0.483. The molecule has 20 heavy (non-hydrogen) atoms. The molecule has 100 valence electrons. The van der Waals surface area contributed by atoms with Gasteiger partial charge in [-0.25, -0.2) is 9.97 Å². The Morgan fingerprint density at radius 1 is 1.30 bits per heavy atom. The number of amides is 1. The molecule has 0 atom stereocenters. The van der Waals surface area contributed by atoms with E-state index in [9.17, 15) is 4.79 Å². The van der Waals surface area contributed by atoms with E-state index in [1.165, 1.54) is 0 Å². The number of nitrogens with one attached hydrogen (secondary N) is 1. The number of aryl methyl sites for hydroxylation is 1. The van der Waals surface area contributed by atoms with Crippen molar-refractivity contribution < 1.29 is 4.79 Å². The highest BCUT2D eigenvalue weighted by Gasteiger charge is 2.09. The lowest BCUT2D eigenvalue weighted by molar-refractivity contribution is -0.115. The molecule has 3 aromatic rings. The molecule has 0 radical (unpaired) electrons. The Morgan fingerprint density at radius 2 is 2.20 bits per heavy atom. The van der Waals surface area contributed by atoms with Gasteiger partial charge in [0.2, 0.25) is 5.91 Å². The molecule has 1 N–H and O–H groups in total. The summed E-state index contributed by atoms with van der Waals surface area (Å²) in [6, 6.07) is 9.50. The van der Waals surface area contributed by atoms with Crippen LogP contribution in [0.15, 0.2) is 48.9 Å². The number of pyridine rings is 2. The van der Waals surface area contributed by atoms with Crippen LogP contribution in [0.5, 0.6) is 0 Å². The highest BCUT2D eigenvalue weighted by Crippen LogP contribution is 2.10. The van der Waals surface area contributed by atoms with Gasteiger partial charge in [-0.1, -0.05) is 12.1 Å². The third-order valence-corrected chi connectivity index (χ3v) is 3.02. The van der Waals surface area contributed by atoms with Gasteiger partial charge in [-0.2, -0.15) is 0 Å². The monoisotopic (exact) mass is 266 g/mol. The summed E-state index contributed by atoms with van der Waals surface area (Å²) in [7, 11) is 0. The van der Waals surface area contributed by atoms with Gasteiger partial charge in [0, 0.05) is 18.6 Å². The van der Waals surface area contributed by atoms with Gasteiger partial charge in [-0.05, 0) is 30.7 Å². The van der Waals surface area contributed by atoms with Crippen molar-refractivity contribution in [2.24, 2.45) is 0 Å². The lowest BCUT2D eigenvalue weighted by Gasteiger charge is -2.05. The van der Waals surface area contributed by atoms with Crippen LogP contribution in [0.3, 0.4) is 0 Å². The summed E-state index contributed by atoms with van der Waals surface area (Å²) in [6.07, 6.45) is 5.66. The minimum atomic E-state index is -0.116. The molecule has 3 rings (SSSR count). The van der Waals surface area contributed by atoms with Gasteiger partial charge in [0.05, 0.1) is 12.1 Å². The van der Waals surface area contributed by atoms with Gasteiger partial charge in [0.1, 0.15) is 11.5 Å². The number of aromatic nitrogens is 3. The smallest absolute Gasteiger partial charge is 0.231 e. The standard InChI is InChI=1S/C15H14N4O/c1-11-5-4-7-16-15(11)18-14(20)9-12-10-19-8-3-2-6-13(19)17-12/h2-8,10H,9H2,1H3,(H,16,18,20). The molecule has 0 aromatic carbocycles. The third-order valence-electron chi connectivity index (χ3n) is 3.02. The Balaban J connectivity index is 1.74. The largest absolute Gasteiger partial charge is 0.310 e. The minimum absolute atomic E-state index is 0.116. The number of fused-ring (bicyclic) bond motifs is 1. The molecule has 0 aliphatic carbocycles. The lowest BCUT2D eigenvalue weighted by atomic mass is 10.2. The van der Waals surface area contributed by atoms with E-state index in [0.717, 1.165) is 16.9 Å². The van der Waals surface area contributed by atoms with Gasteiger partial charge in [0.15, 0.2) is 0 Å². The van der Waals surface area contributed by atoms with Crippen molar-refractivity contribution in [3.05, 3.63) is 60.2 Å². The fourth-order valence-electron chi connectivity index (χ4n) is 2.03. The fraction of sp³-hybridized carbons (Fsp3) is 0.133. The first-order chi connectivity index (χ1) is 9.72. The number of hydrogen-bond acceptors (Lipinski definition) is 3. The molecule has 1 amide bonds. The van der Waals surface area contributed by atoms with Crippen molar-refractivity contribution in [1.29, 1.82) is 0 Å². The van der Waals surface area contributed by atoms with Crippen molar-refractivity contribution in [2.45, 2.75) is 13.3 Å². The number of rotatable bonds is 3. The third kappa shape index (κ3) is 2.51. The Morgan fingerprint density at radius 3 is 3.00 bits per heavy atom. The Kier molecular flexibility index (Phi) is 3.16. The molecule has 3 heterocycles. The van der Waals surface area contributed by atoms with Gasteiger partial charge >= 0.3 is 0 Å². The second kappa shape index (κ2) is 5.13. The molecular weight excluding hydrogens is 252 g/mol. The lowest BCUT2D eigenvalue weighted by Crippen LogP contribution is -2.16. The maximum Gasteiger partial charge on any atom is 0.231 e. The van der Waals surface area contributed by atoms with Gasteiger partial charge in [-0.15, -0.1) is 0 Å². The number of hydrogen-bond donors (Lipinski definition) is 1. The van der Waals surface area contributed by atoms with E-state index in [2.05, 4.69) is 15.3 Å². The zero-order valence-corrected chi connectivity index (χ0v) is 11.1. The molecular formula is C15H14N4O. The first-order valence-electron chi connectivity index (χ1n) is 6.36. The van der Waals surface area contributed by atoms with Crippen LogP contribution < -0.4 is 5.32 Å². The van der Waals surface area contributed by atoms with E-state index in [0.29, 0.717) is 5.82 Å². The van der Waals surface area contributed by atoms with E-state index in [1.807, 2.05) is 54.0 Å². The van der Waals surface area contributed by atoms with Crippen molar-refractivity contribution in [2.75, 3.05) is 5.32 Å². The Hall–Kier alpha value is -2.69. The van der Waals surface area contributed by atoms with Crippen molar-refractivity contribution in [1.82, 2.24) is 14.4 Å². The molecule has 0 spiro atoms. The predicted molar refractivity (Wildman–Crippen MR) is 76.5 cm³/mol. The average Bonchev–Trinajstić information content (AvgIpc) is 2.83. The van der Waals surface area contributed by atoms with Crippen LogP contribution in [-0.4, -0.2) is 20.3 Å². The molecule has 0 bridgehead atoms. The van der Waals surface area contributed by atoms with Crippen LogP contribution in [0.1, 0.15) is 11.3 Å². The molecule has 0 aliphatic rings. The fourth-order valence-corrected chi connectivity index (χ4v) is 2.03. The molecule has 5 nitrogen and oxygen atoms in total. The number of carbonyl (C=O) groups excluding carboxylic acids is 1. The van der Waals surface area contributed by atoms with E-state index in [4.69, 9.17) is 0 Å². The zero-order valence-electron chi connectivity index (χ0n) is 11.1. The van der Waals surface area contributed by atoms with Crippen LogP contribution >= 0.6 is 0 Å². The van der Waals surface area contributed by atoms with Crippen LogP contribution in [0.2, 0.25) is 0 Å². The maximum absolute atomic E-state index is 12.0. The average molecular weight is 266 g/mol. The Labute approximate surface area is 116 Å². The van der Waals surface area contributed by atoms with Crippen molar-refractivity contribution in [3.8, 4) is 0 Å². The number of carbonyl (C=O) groups is 1. The summed E-state index contributed by atoms with van der Waals surface area (Å²) in [4.78, 5) is 20.6.